The topological polar surface area (TPSA) is 17.1 Å². The molecule has 2 rings (SSSR count). The molecule has 0 aromatic heterocycles. The second-order valence-corrected chi connectivity index (χ2v) is 4.90. The molecule has 0 amide bonds. The Balaban J connectivity index is 2.10. The SMILES string of the molecule is CCC(=O)C(Cc1ccccc1)Cc1ccccc1. The van der Waals surface area contributed by atoms with Gasteiger partial charge in [0, 0.05) is 12.3 Å². The Hall–Kier alpha value is -1.89. The van der Waals surface area contributed by atoms with E-state index in [-0.39, 0.29) is 5.92 Å². The monoisotopic (exact) mass is 252 g/mol. The van der Waals surface area contributed by atoms with Crippen molar-refractivity contribution in [3.05, 3.63) is 71.8 Å². The Labute approximate surface area is 115 Å². The van der Waals surface area contributed by atoms with E-state index in [1.54, 1.807) is 0 Å². The van der Waals surface area contributed by atoms with Gasteiger partial charge in [0.25, 0.3) is 0 Å². The molecule has 98 valence electrons. The lowest BCUT2D eigenvalue weighted by molar-refractivity contribution is -0.122. The van der Waals surface area contributed by atoms with Crippen LogP contribution in [0.25, 0.3) is 0 Å². The van der Waals surface area contributed by atoms with Gasteiger partial charge in [0.15, 0.2) is 0 Å². The van der Waals surface area contributed by atoms with Gasteiger partial charge in [0.2, 0.25) is 0 Å². The predicted octanol–water partition coefficient (Wildman–Crippen LogP) is 4.07. The maximum Gasteiger partial charge on any atom is 0.136 e. The average molecular weight is 252 g/mol. The van der Waals surface area contributed by atoms with E-state index in [0.29, 0.717) is 12.2 Å². The van der Waals surface area contributed by atoms with Crippen molar-refractivity contribution in [1.29, 1.82) is 0 Å². The summed E-state index contributed by atoms with van der Waals surface area (Å²) in [5, 5.41) is 0. The quantitative estimate of drug-likeness (QED) is 0.757. The third-order valence-corrected chi connectivity index (χ3v) is 3.45. The molecule has 0 saturated carbocycles. The maximum absolute atomic E-state index is 12.1. The molecule has 0 unspecified atom stereocenters. The molecule has 0 saturated heterocycles. The minimum Gasteiger partial charge on any atom is -0.299 e. The van der Waals surface area contributed by atoms with Gasteiger partial charge in [-0.15, -0.1) is 0 Å². The molecule has 0 bridgehead atoms. The summed E-state index contributed by atoms with van der Waals surface area (Å²) in [7, 11) is 0. The first-order valence-electron chi connectivity index (χ1n) is 6.90. The Morgan fingerprint density at radius 1 is 0.842 bits per heavy atom. The van der Waals surface area contributed by atoms with E-state index in [2.05, 4.69) is 24.3 Å². The Morgan fingerprint density at radius 2 is 1.26 bits per heavy atom. The van der Waals surface area contributed by atoms with Gasteiger partial charge in [0.1, 0.15) is 5.78 Å². The van der Waals surface area contributed by atoms with E-state index in [0.717, 1.165) is 12.8 Å². The first-order chi connectivity index (χ1) is 9.29. The van der Waals surface area contributed by atoms with Crippen LogP contribution in [0, 0.1) is 5.92 Å². The highest BCUT2D eigenvalue weighted by atomic mass is 16.1. The number of carbonyl (C=O) groups excluding carboxylic acids is 1. The Morgan fingerprint density at radius 3 is 1.63 bits per heavy atom. The second kappa shape index (κ2) is 6.89. The molecule has 0 spiro atoms. The maximum atomic E-state index is 12.1. The Kier molecular flexibility index (Phi) is 4.91. The van der Waals surface area contributed by atoms with Crippen LogP contribution in [0.4, 0.5) is 0 Å². The lowest BCUT2D eigenvalue weighted by Crippen LogP contribution is -2.19. The van der Waals surface area contributed by atoms with Crippen molar-refractivity contribution in [3.8, 4) is 0 Å². The molecular formula is C18H20O. The molecule has 1 heteroatoms. The molecule has 0 N–H and O–H groups in total. The lowest BCUT2D eigenvalue weighted by Gasteiger charge is -2.15. The fraction of sp³-hybridized carbons (Fsp3) is 0.278. The van der Waals surface area contributed by atoms with Crippen molar-refractivity contribution in [3.63, 3.8) is 0 Å². The van der Waals surface area contributed by atoms with Crippen molar-refractivity contribution in [1.82, 2.24) is 0 Å². The largest absolute Gasteiger partial charge is 0.299 e. The first kappa shape index (κ1) is 13.5. The molecule has 2 aromatic carbocycles. The lowest BCUT2D eigenvalue weighted by atomic mass is 9.88. The minimum absolute atomic E-state index is 0.0924. The van der Waals surface area contributed by atoms with Gasteiger partial charge in [-0.1, -0.05) is 67.6 Å². The van der Waals surface area contributed by atoms with Gasteiger partial charge in [0.05, 0.1) is 0 Å². The van der Waals surface area contributed by atoms with E-state index in [1.807, 2.05) is 43.3 Å². The highest BCUT2D eigenvalue weighted by molar-refractivity contribution is 5.81. The van der Waals surface area contributed by atoms with Crippen molar-refractivity contribution in [2.75, 3.05) is 0 Å². The summed E-state index contributed by atoms with van der Waals surface area (Å²) in [4.78, 5) is 12.1. The van der Waals surface area contributed by atoms with Crippen LogP contribution in [-0.4, -0.2) is 5.78 Å². The molecule has 2 aromatic rings. The number of benzene rings is 2. The van der Waals surface area contributed by atoms with Crippen LogP contribution in [-0.2, 0) is 17.6 Å². The van der Waals surface area contributed by atoms with Gasteiger partial charge in [-0.2, -0.15) is 0 Å². The van der Waals surface area contributed by atoms with Crippen LogP contribution in [0.1, 0.15) is 24.5 Å². The summed E-state index contributed by atoms with van der Waals surface area (Å²) >= 11 is 0. The minimum atomic E-state index is 0.0924. The van der Waals surface area contributed by atoms with E-state index < -0.39 is 0 Å². The fourth-order valence-corrected chi connectivity index (χ4v) is 2.39. The van der Waals surface area contributed by atoms with E-state index >= 15 is 0 Å². The summed E-state index contributed by atoms with van der Waals surface area (Å²) in [5.74, 6) is 0.447. The third kappa shape index (κ3) is 4.06. The smallest absolute Gasteiger partial charge is 0.136 e. The summed E-state index contributed by atoms with van der Waals surface area (Å²) in [5.41, 5.74) is 2.48. The highest BCUT2D eigenvalue weighted by Crippen LogP contribution is 2.17. The number of carbonyl (C=O) groups is 1. The molecule has 0 aliphatic carbocycles. The molecule has 1 nitrogen and oxygen atoms in total. The van der Waals surface area contributed by atoms with Crippen molar-refractivity contribution >= 4 is 5.78 Å². The molecule has 0 radical (unpaired) electrons. The fourth-order valence-electron chi connectivity index (χ4n) is 2.39. The standard InChI is InChI=1S/C18H20O/c1-2-18(19)17(13-15-9-5-3-6-10-15)14-16-11-7-4-8-12-16/h3-12,17H,2,13-14H2,1H3. The van der Waals surface area contributed by atoms with Crippen LogP contribution in [0.3, 0.4) is 0 Å². The van der Waals surface area contributed by atoms with Gasteiger partial charge >= 0.3 is 0 Å². The second-order valence-electron chi connectivity index (χ2n) is 4.90. The van der Waals surface area contributed by atoms with E-state index in [9.17, 15) is 4.79 Å². The van der Waals surface area contributed by atoms with Crippen molar-refractivity contribution < 1.29 is 4.79 Å². The number of rotatable bonds is 6. The number of hydrogen-bond donors (Lipinski definition) is 0. The molecule has 0 atom stereocenters. The first-order valence-corrected chi connectivity index (χ1v) is 6.90. The van der Waals surface area contributed by atoms with Crippen LogP contribution in [0.5, 0.6) is 0 Å². The van der Waals surface area contributed by atoms with Crippen LogP contribution in [0.2, 0.25) is 0 Å². The molecule has 19 heavy (non-hydrogen) atoms. The zero-order chi connectivity index (χ0) is 13.5. The normalized spacial score (nSPS) is 10.6. The predicted molar refractivity (Wildman–Crippen MR) is 79.1 cm³/mol. The van der Waals surface area contributed by atoms with Crippen LogP contribution >= 0.6 is 0 Å². The van der Waals surface area contributed by atoms with Gasteiger partial charge in [-0.3, -0.25) is 4.79 Å². The zero-order valence-electron chi connectivity index (χ0n) is 11.4. The zero-order valence-corrected chi connectivity index (χ0v) is 11.4. The summed E-state index contributed by atoms with van der Waals surface area (Å²) < 4.78 is 0. The molecule has 0 fully saturated rings. The number of Topliss-reactive ketones (excluding diaryl/α,β-unsaturated/α-hetero) is 1. The van der Waals surface area contributed by atoms with Crippen molar-refractivity contribution in [2.45, 2.75) is 26.2 Å². The molecule has 0 heterocycles. The van der Waals surface area contributed by atoms with E-state index in [1.165, 1.54) is 11.1 Å². The van der Waals surface area contributed by atoms with Gasteiger partial charge < -0.3 is 0 Å². The number of hydrogen-bond acceptors (Lipinski definition) is 1. The highest BCUT2D eigenvalue weighted by Gasteiger charge is 2.17. The van der Waals surface area contributed by atoms with Crippen molar-refractivity contribution in [2.24, 2.45) is 5.92 Å². The number of ketones is 1. The van der Waals surface area contributed by atoms with E-state index in [4.69, 9.17) is 0 Å². The summed E-state index contributed by atoms with van der Waals surface area (Å²) in [6, 6.07) is 20.5. The summed E-state index contributed by atoms with van der Waals surface area (Å²) in [6.45, 7) is 1.95. The van der Waals surface area contributed by atoms with Gasteiger partial charge in [-0.25, -0.2) is 0 Å². The summed E-state index contributed by atoms with van der Waals surface area (Å²) in [6.07, 6.45) is 2.29. The third-order valence-electron chi connectivity index (χ3n) is 3.45. The Bertz CT molecular complexity index is 460. The average Bonchev–Trinajstić information content (AvgIpc) is 2.48. The van der Waals surface area contributed by atoms with Gasteiger partial charge in [-0.05, 0) is 24.0 Å². The molecule has 0 aliphatic rings. The molecule has 0 aliphatic heterocycles. The van der Waals surface area contributed by atoms with Crippen LogP contribution < -0.4 is 0 Å². The van der Waals surface area contributed by atoms with Crippen LogP contribution in [0.15, 0.2) is 60.7 Å². The molecular weight excluding hydrogens is 232 g/mol.